The molecule has 1 saturated heterocycles. The fraction of sp³-hybridized carbons (Fsp3) is 0.920. The number of carbonyl (C=O) groups is 2. The Bertz CT molecular complexity index is 458. The van der Waals surface area contributed by atoms with Gasteiger partial charge >= 0.3 is 5.97 Å². The van der Waals surface area contributed by atoms with Gasteiger partial charge in [-0.2, -0.15) is 11.8 Å². The topological polar surface area (TPSA) is 57.6 Å². The van der Waals surface area contributed by atoms with Crippen LogP contribution in [0.15, 0.2) is 0 Å². The summed E-state index contributed by atoms with van der Waals surface area (Å²) in [4.78, 5) is 25.3. The summed E-state index contributed by atoms with van der Waals surface area (Å²) in [5.74, 6) is 0.996. The fourth-order valence-electron chi connectivity index (χ4n) is 4.30. The third-order valence-electron chi connectivity index (χ3n) is 6.25. The summed E-state index contributed by atoms with van der Waals surface area (Å²) in [5, 5.41) is 9.24. The van der Waals surface area contributed by atoms with Gasteiger partial charge in [-0.05, 0) is 25.0 Å². The predicted octanol–water partition coefficient (Wildman–Crippen LogP) is 6.91. The van der Waals surface area contributed by atoms with Crippen LogP contribution in [-0.4, -0.2) is 46.0 Å². The number of hydrogen-bond acceptors (Lipinski definition) is 3. The van der Waals surface area contributed by atoms with E-state index in [1.165, 1.54) is 89.9 Å². The molecule has 1 heterocycles. The highest BCUT2D eigenvalue weighted by molar-refractivity contribution is 7.99. The number of thioether (sulfide) groups is 1. The summed E-state index contributed by atoms with van der Waals surface area (Å²) in [6.07, 6.45) is 20.7. The van der Waals surface area contributed by atoms with Crippen molar-refractivity contribution in [1.82, 2.24) is 4.90 Å². The third kappa shape index (κ3) is 12.2. The number of nitrogens with zero attached hydrogens (tertiary/aromatic N) is 1. The van der Waals surface area contributed by atoms with Crippen LogP contribution < -0.4 is 0 Å². The highest BCUT2D eigenvalue weighted by Crippen LogP contribution is 2.22. The normalized spacial score (nSPS) is 17.4. The second-order valence-electron chi connectivity index (χ2n) is 9.10. The number of hydrogen-bond donors (Lipinski definition) is 1. The molecule has 0 aromatic heterocycles. The lowest BCUT2D eigenvalue weighted by Gasteiger charge is -2.24. The summed E-state index contributed by atoms with van der Waals surface area (Å²) in [6.45, 7) is 4.82. The Balaban J connectivity index is 1.88. The molecule has 0 spiro atoms. The summed E-state index contributed by atoms with van der Waals surface area (Å²) >= 11 is 1.85. The molecule has 176 valence electrons. The smallest absolute Gasteiger partial charge is 0.326 e. The van der Waals surface area contributed by atoms with Crippen LogP contribution in [0.1, 0.15) is 117 Å². The van der Waals surface area contributed by atoms with Gasteiger partial charge in [-0.3, -0.25) is 4.79 Å². The quantitative estimate of drug-likeness (QED) is 0.221. The van der Waals surface area contributed by atoms with Crippen LogP contribution in [0.25, 0.3) is 0 Å². The van der Waals surface area contributed by atoms with Crippen molar-refractivity contribution in [1.29, 1.82) is 0 Å². The summed E-state index contributed by atoms with van der Waals surface area (Å²) in [5.41, 5.74) is 0. The van der Waals surface area contributed by atoms with E-state index in [-0.39, 0.29) is 11.8 Å². The van der Waals surface area contributed by atoms with Gasteiger partial charge in [-0.25, -0.2) is 4.79 Å². The van der Waals surface area contributed by atoms with Gasteiger partial charge in [0.25, 0.3) is 0 Å². The van der Waals surface area contributed by atoms with Crippen molar-refractivity contribution in [3.05, 3.63) is 0 Å². The minimum atomic E-state index is -0.858. The second kappa shape index (κ2) is 17.9. The molecule has 30 heavy (non-hydrogen) atoms. The lowest BCUT2D eigenvalue weighted by molar-refractivity contribution is -0.149. The molecule has 4 nitrogen and oxygen atoms in total. The van der Waals surface area contributed by atoms with Crippen LogP contribution in [0, 0.1) is 5.92 Å². The lowest BCUT2D eigenvalue weighted by Crippen LogP contribution is -2.43. The summed E-state index contributed by atoms with van der Waals surface area (Å²) in [6, 6.07) is -0.601. The maximum absolute atomic E-state index is 12.5. The Morgan fingerprint density at radius 1 is 0.900 bits per heavy atom. The maximum atomic E-state index is 12.5. The monoisotopic (exact) mass is 441 g/mol. The molecule has 0 radical (unpaired) electrons. The minimum Gasteiger partial charge on any atom is -0.480 e. The Hall–Kier alpha value is -0.710. The molecule has 0 aliphatic carbocycles. The standard InChI is InChI=1S/C25H47NO3S/c1-3-4-5-6-7-8-9-10-11-12-13-14-15-16-20-30-21-22(2)24(27)26-19-17-18-23(26)25(28)29/h22-23H,3-21H2,1-2H3,(H,28,29)/t22-,23?/m1/s1. The molecule has 1 unspecified atom stereocenters. The second-order valence-corrected chi connectivity index (χ2v) is 10.2. The van der Waals surface area contributed by atoms with E-state index >= 15 is 0 Å². The SMILES string of the molecule is CCCCCCCCCCCCCCCCSC[C@@H](C)C(=O)N1CCCC1C(=O)O. The molecular formula is C25H47NO3S. The number of rotatable bonds is 19. The summed E-state index contributed by atoms with van der Waals surface area (Å²) < 4.78 is 0. The van der Waals surface area contributed by atoms with Crippen molar-refractivity contribution in [2.24, 2.45) is 5.92 Å². The van der Waals surface area contributed by atoms with Crippen LogP contribution in [0.4, 0.5) is 0 Å². The van der Waals surface area contributed by atoms with E-state index in [9.17, 15) is 14.7 Å². The molecule has 0 bridgehead atoms. The molecule has 1 aliphatic rings. The van der Waals surface area contributed by atoms with Crippen molar-refractivity contribution in [3.63, 3.8) is 0 Å². The average molecular weight is 442 g/mol. The van der Waals surface area contributed by atoms with Crippen molar-refractivity contribution in [2.45, 2.75) is 123 Å². The van der Waals surface area contributed by atoms with Gasteiger partial charge in [0.15, 0.2) is 0 Å². The van der Waals surface area contributed by atoms with Gasteiger partial charge in [0.2, 0.25) is 5.91 Å². The Morgan fingerprint density at radius 2 is 1.40 bits per heavy atom. The van der Waals surface area contributed by atoms with Crippen LogP contribution in [-0.2, 0) is 9.59 Å². The number of amides is 1. The zero-order chi connectivity index (χ0) is 22.0. The minimum absolute atomic E-state index is 0.0216. The number of carbonyl (C=O) groups excluding carboxylic acids is 1. The van der Waals surface area contributed by atoms with Crippen molar-refractivity contribution in [3.8, 4) is 0 Å². The summed E-state index contributed by atoms with van der Waals surface area (Å²) in [7, 11) is 0. The number of likely N-dealkylation sites (tertiary alicyclic amines) is 1. The predicted molar refractivity (Wildman–Crippen MR) is 129 cm³/mol. The van der Waals surface area contributed by atoms with Crippen molar-refractivity contribution in [2.75, 3.05) is 18.1 Å². The zero-order valence-electron chi connectivity index (χ0n) is 19.7. The van der Waals surface area contributed by atoms with E-state index in [2.05, 4.69) is 6.92 Å². The first-order valence-corrected chi connectivity index (χ1v) is 13.8. The molecular weight excluding hydrogens is 394 g/mol. The van der Waals surface area contributed by atoms with Crippen molar-refractivity contribution >= 4 is 23.6 Å². The van der Waals surface area contributed by atoms with Gasteiger partial charge < -0.3 is 10.0 Å². The highest BCUT2D eigenvalue weighted by Gasteiger charge is 2.35. The first-order valence-electron chi connectivity index (χ1n) is 12.7. The van der Waals surface area contributed by atoms with Crippen LogP contribution >= 0.6 is 11.8 Å². The Kier molecular flexibility index (Phi) is 16.3. The number of unbranched alkanes of at least 4 members (excludes halogenated alkanes) is 13. The molecule has 5 heteroatoms. The van der Waals surface area contributed by atoms with E-state index in [1.54, 1.807) is 4.90 Å². The van der Waals surface area contributed by atoms with E-state index in [1.807, 2.05) is 18.7 Å². The molecule has 1 N–H and O–H groups in total. The van der Waals surface area contributed by atoms with Crippen LogP contribution in [0.3, 0.4) is 0 Å². The lowest BCUT2D eigenvalue weighted by atomic mass is 10.0. The van der Waals surface area contributed by atoms with E-state index in [4.69, 9.17) is 0 Å². The van der Waals surface area contributed by atoms with Crippen LogP contribution in [0.5, 0.6) is 0 Å². The largest absolute Gasteiger partial charge is 0.480 e. The maximum Gasteiger partial charge on any atom is 0.326 e. The Labute approximate surface area is 189 Å². The third-order valence-corrected chi connectivity index (χ3v) is 7.57. The van der Waals surface area contributed by atoms with Gasteiger partial charge in [-0.15, -0.1) is 0 Å². The fourth-order valence-corrected chi connectivity index (χ4v) is 5.37. The molecule has 1 amide bonds. The van der Waals surface area contributed by atoms with Gasteiger partial charge in [0.1, 0.15) is 6.04 Å². The molecule has 0 aromatic carbocycles. The first kappa shape index (κ1) is 27.3. The van der Waals surface area contributed by atoms with Gasteiger partial charge in [0, 0.05) is 18.2 Å². The van der Waals surface area contributed by atoms with E-state index in [0.29, 0.717) is 13.0 Å². The van der Waals surface area contributed by atoms with Crippen LogP contribution in [0.2, 0.25) is 0 Å². The average Bonchev–Trinajstić information content (AvgIpc) is 3.23. The molecule has 0 aromatic rings. The number of carboxylic acid groups (broad SMARTS) is 1. The van der Waals surface area contributed by atoms with Gasteiger partial charge in [0.05, 0.1) is 0 Å². The van der Waals surface area contributed by atoms with Gasteiger partial charge in [-0.1, -0.05) is 97.3 Å². The number of carboxylic acids is 1. The molecule has 1 fully saturated rings. The highest BCUT2D eigenvalue weighted by atomic mass is 32.2. The Morgan fingerprint density at radius 3 is 1.90 bits per heavy atom. The zero-order valence-corrected chi connectivity index (χ0v) is 20.5. The molecule has 2 atom stereocenters. The first-order chi connectivity index (χ1) is 14.6. The van der Waals surface area contributed by atoms with Crippen molar-refractivity contribution < 1.29 is 14.7 Å². The van der Waals surface area contributed by atoms with E-state index in [0.717, 1.165) is 17.9 Å². The van der Waals surface area contributed by atoms with E-state index < -0.39 is 12.0 Å². The number of aliphatic carboxylic acids is 1. The molecule has 1 aliphatic heterocycles. The molecule has 1 rings (SSSR count). The molecule has 0 saturated carbocycles.